The van der Waals surface area contributed by atoms with E-state index in [4.69, 9.17) is 11.9 Å². The number of halogens is 4. The van der Waals surface area contributed by atoms with Gasteiger partial charge in [-0.25, -0.2) is 0 Å². The molecule has 1 fully saturated rings. The van der Waals surface area contributed by atoms with Gasteiger partial charge in [0, 0.05) is 29.8 Å². The van der Waals surface area contributed by atoms with Gasteiger partial charge in [0.1, 0.15) is 11.9 Å². The van der Waals surface area contributed by atoms with Crippen LogP contribution in [-0.4, -0.2) is 41.1 Å². The standard InChI is InChI=1S/C20H15ClF3NO4/c21-29-18(27)12-7-8-25(10-12)17(26)11-5-6-14-13-3-1-2-4-15(13)19(28,16(14)9-11)20(22,23)24/h1-6,9,12,28H,7-8,10H2. The molecule has 4 rings (SSSR count). The molecule has 0 bridgehead atoms. The van der Waals surface area contributed by atoms with E-state index in [0.717, 1.165) is 6.07 Å². The summed E-state index contributed by atoms with van der Waals surface area (Å²) in [5.74, 6) is -1.77. The van der Waals surface area contributed by atoms with Gasteiger partial charge in [0.05, 0.1) is 5.92 Å². The van der Waals surface area contributed by atoms with Crippen molar-refractivity contribution in [3.8, 4) is 11.1 Å². The lowest BCUT2D eigenvalue weighted by Crippen LogP contribution is -2.41. The topological polar surface area (TPSA) is 66.8 Å². The van der Waals surface area contributed by atoms with Crippen LogP contribution in [0, 0.1) is 5.92 Å². The minimum atomic E-state index is -4.97. The van der Waals surface area contributed by atoms with E-state index < -0.39 is 29.6 Å². The molecule has 0 radical (unpaired) electrons. The first-order chi connectivity index (χ1) is 13.7. The Morgan fingerprint density at radius 1 is 1.14 bits per heavy atom. The molecule has 0 saturated carbocycles. The lowest BCUT2D eigenvalue weighted by atomic mass is 9.90. The number of carbonyl (C=O) groups excluding carboxylic acids is 2. The number of rotatable bonds is 2. The zero-order valence-corrected chi connectivity index (χ0v) is 15.6. The second kappa shape index (κ2) is 6.74. The molecule has 0 spiro atoms. The SMILES string of the molecule is O=C(OCl)C1CCN(C(=O)c2ccc3c(c2)C(O)(C(F)(F)F)c2ccccc2-3)C1. The number of hydrogen-bond donors (Lipinski definition) is 1. The van der Waals surface area contributed by atoms with Crippen LogP contribution in [0.2, 0.25) is 0 Å². The number of hydrogen-bond acceptors (Lipinski definition) is 4. The van der Waals surface area contributed by atoms with Gasteiger partial charge in [0.2, 0.25) is 5.60 Å². The summed E-state index contributed by atoms with van der Waals surface area (Å²) in [6.45, 7) is 0.307. The van der Waals surface area contributed by atoms with Crippen molar-refractivity contribution in [1.82, 2.24) is 4.90 Å². The molecule has 29 heavy (non-hydrogen) atoms. The van der Waals surface area contributed by atoms with Gasteiger partial charge in [-0.1, -0.05) is 30.3 Å². The molecule has 9 heteroatoms. The molecule has 1 N–H and O–H groups in total. The lowest BCUT2D eigenvalue weighted by molar-refractivity contribution is -0.246. The van der Waals surface area contributed by atoms with E-state index in [1.165, 1.54) is 35.2 Å². The van der Waals surface area contributed by atoms with Crippen molar-refractivity contribution in [3.05, 3.63) is 59.2 Å². The molecule has 2 aromatic carbocycles. The van der Waals surface area contributed by atoms with Crippen LogP contribution in [0.15, 0.2) is 42.5 Å². The van der Waals surface area contributed by atoms with Crippen LogP contribution >= 0.6 is 11.9 Å². The first kappa shape index (κ1) is 19.7. The highest BCUT2D eigenvalue weighted by atomic mass is 35.5. The van der Waals surface area contributed by atoms with Crippen LogP contribution in [0.1, 0.15) is 27.9 Å². The Labute approximate surface area is 168 Å². The molecule has 0 aromatic heterocycles. The number of amides is 1. The average Bonchev–Trinajstić information content (AvgIpc) is 3.29. The number of fused-ring (bicyclic) bond motifs is 3. The van der Waals surface area contributed by atoms with Gasteiger partial charge in [0.25, 0.3) is 5.91 Å². The van der Waals surface area contributed by atoms with Crippen molar-refractivity contribution in [2.24, 2.45) is 5.92 Å². The van der Waals surface area contributed by atoms with E-state index in [1.807, 2.05) is 0 Å². The fourth-order valence-corrected chi connectivity index (χ4v) is 4.20. The molecule has 1 heterocycles. The molecule has 1 aliphatic carbocycles. The Kier molecular flexibility index (Phi) is 4.59. The van der Waals surface area contributed by atoms with Crippen molar-refractivity contribution in [2.45, 2.75) is 18.2 Å². The zero-order valence-electron chi connectivity index (χ0n) is 14.9. The fourth-order valence-electron chi connectivity index (χ4n) is 4.08. The van der Waals surface area contributed by atoms with Crippen molar-refractivity contribution in [1.29, 1.82) is 0 Å². The Hall–Kier alpha value is -2.58. The van der Waals surface area contributed by atoms with Gasteiger partial charge in [-0.15, -0.1) is 0 Å². The van der Waals surface area contributed by atoms with Crippen molar-refractivity contribution < 1.29 is 32.2 Å². The van der Waals surface area contributed by atoms with Gasteiger partial charge in [-0.3, -0.25) is 9.59 Å². The molecular weight excluding hydrogens is 411 g/mol. The molecular formula is C20H15ClF3NO4. The monoisotopic (exact) mass is 425 g/mol. The van der Waals surface area contributed by atoms with Crippen molar-refractivity contribution in [3.63, 3.8) is 0 Å². The van der Waals surface area contributed by atoms with E-state index in [1.54, 1.807) is 6.07 Å². The molecule has 2 aromatic rings. The predicted molar refractivity (Wildman–Crippen MR) is 96.9 cm³/mol. The lowest BCUT2D eigenvalue weighted by Gasteiger charge is -2.28. The third-order valence-electron chi connectivity index (χ3n) is 5.56. The van der Waals surface area contributed by atoms with E-state index >= 15 is 0 Å². The van der Waals surface area contributed by atoms with Crippen LogP contribution in [0.5, 0.6) is 0 Å². The normalized spacial score (nSPS) is 22.9. The van der Waals surface area contributed by atoms with Crippen LogP contribution in [-0.2, 0) is 14.7 Å². The molecule has 1 saturated heterocycles. The zero-order chi connectivity index (χ0) is 21.0. The number of nitrogens with zero attached hydrogens (tertiary/aromatic N) is 1. The fraction of sp³-hybridized carbons (Fsp3) is 0.300. The summed E-state index contributed by atoms with van der Waals surface area (Å²) in [7, 11) is 0. The quantitative estimate of drug-likeness (QED) is 0.798. The van der Waals surface area contributed by atoms with Gasteiger partial charge in [0.15, 0.2) is 0 Å². The van der Waals surface area contributed by atoms with E-state index in [2.05, 4.69) is 4.29 Å². The summed E-state index contributed by atoms with van der Waals surface area (Å²) >= 11 is 5.07. The summed E-state index contributed by atoms with van der Waals surface area (Å²) in [5, 5.41) is 10.7. The summed E-state index contributed by atoms with van der Waals surface area (Å²) in [6.07, 6.45) is -4.63. The van der Waals surface area contributed by atoms with Crippen molar-refractivity contribution in [2.75, 3.05) is 13.1 Å². The smallest absolute Gasteiger partial charge is 0.372 e. The largest absolute Gasteiger partial charge is 0.425 e. The van der Waals surface area contributed by atoms with E-state index in [9.17, 15) is 27.9 Å². The number of alkyl halides is 3. The molecule has 152 valence electrons. The third-order valence-corrected chi connectivity index (χ3v) is 5.71. The van der Waals surface area contributed by atoms with Gasteiger partial charge in [-0.05, 0) is 29.7 Å². The minimum Gasteiger partial charge on any atom is -0.372 e. The average molecular weight is 426 g/mol. The summed E-state index contributed by atoms with van der Waals surface area (Å²) < 4.78 is 45.9. The highest BCUT2D eigenvalue weighted by Gasteiger charge is 2.60. The third kappa shape index (κ3) is 2.89. The molecule has 1 aliphatic heterocycles. The van der Waals surface area contributed by atoms with Gasteiger partial charge in [-0.2, -0.15) is 13.2 Å². The van der Waals surface area contributed by atoms with Crippen molar-refractivity contribution >= 4 is 23.7 Å². The Morgan fingerprint density at radius 3 is 2.52 bits per heavy atom. The number of carbonyl (C=O) groups is 2. The van der Waals surface area contributed by atoms with Crippen LogP contribution < -0.4 is 0 Å². The number of benzene rings is 2. The highest BCUT2D eigenvalue weighted by molar-refractivity contribution is 6.13. The molecule has 5 nitrogen and oxygen atoms in total. The maximum atomic E-state index is 13.9. The summed E-state index contributed by atoms with van der Waals surface area (Å²) in [6, 6.07) is 9.66. The second-order valence-corrected chi connectivity index (χ2v) is 7.30. The number of likely N-dealkylation sites (tertiary alicyclic amines) is 1. The molecule has 2 unspecified atom stereocenters. The minimum absolute atomic E-state index is 0.000813. The van der Waals surface area contributed by atoms with Gasteiger partial charge < -0.3 is 14.3 Å². The Bertz CT molecular complexity index is 1010. The van der Waals surface area contributed by atoms with Crippen LogP contribution in [0.3, 0.4) is 0 Å². The van der Waals surface area contributed by atoms with Gasteiger partial charge >= 0.3 is 12.1 Å². The Balaban J connectivity index is 1.73. The number of aliphatic hydroxyl groups is 1. The molecule has 2 atom stereocenters. The molecule has 2 aliphatic rings. The van der Waals surface area contributed by atoms with E-state index in [-0.39, 0.29) is 40.9 Å². The Morgan fingerprint density at radius 2 is 1.83 bits per heavy atom. The van der Waals surface area contributed by atoms with E-state index in [0.29, 0.717) is 6.42 Å². The van der Waals surface area contributed by atoms with Crippen LogP contribution in [0.25, 0.3) is 11.1 Å². The first-order valence-electron chi connectivity index (χ1n) is 8.83. The van der Waals surface area contributed by atoms with Crippen LogP contribution in [0.4, 0.5) is 13.2 Å². The first-order valence-corrected chi connectivity index (χ1v) is 9.14. The summed E-state index contributed by atoms with van der Waals surface area (Å²) in [4.78, 5) is 25.7. The molecule has 1 amide bonds. The maximum Gasteiger partial charge on any atom is 0.425 e. The maximum absolute atomic E-state index is 13.9. The predicted octanol–water partition coefficient (Wildman–Crippen LogP) is 3.62. The second-order valence-electron chi connectivity index (χ2n) is 7.15. The summed E-state index contributed by atoms with van der Waals surface area (Å²) in [5.41, 5.74) is -3.36. The highest BCUT2D eigenvalue weighted by Crippen LogP contribution is 2.55.